The number of carbonyl (C=O) groups excluding carboxylic acids is 2. The first-order chi connectivity index (χ1) is 10.8. The molecule has 0 aromatic heterocycles. The summed E-state index contributed by atoms with van der Waals surface area (Å²) >= 11 is 3.38. The third-order valence-corrected chi connectivity index (χ3v) is 3.27. The number of rotatable bonds is 8. The summed E-state index contributed by atoms with van der Waals surface area (Å²) in [5.74, 6) is 0.0513. The minimum atomic E-state index is -0.372. The van der Waals surface area contributed by atoms with Gasteiger partial charge in [-0.1, -0.05) is 12.6 Å². The lowest BCUT2D eigenvalue weighted by Gasteiger charge is -2.13. The van der Waals surface area contributed by atoms with E-state index in [-0.39, 0.29) is 30.9 Å². The molecule has 0 bridgehead atoms. The summed E-state index contributed by atoms with van der Waals surface area (Å²) in [6.45, 7) is 9.24. The number of hydrogen-bond donors (Lipinski definition) is 3. The fourth-order valence-electron chi connectivity index (χ4n) is 1.67. The Morgan fingerprint density at radius 3 is 2.57 bits per heavy atom. The Balaban J connectivity index is 2.31. The molecule has 0 radical (unpaired) electrons. The molecule has 1 rings (SSSR count). The highest BCUT2D eigenvalue weighted by Crippen LogP contribution is 2.25. The summed E-state index contributed by atoms with van der Waals surface area (Å²) in [4.78, 5) is 23.2. The van der Waals surface area contributed by atoms with E-state index in [1.807, 2.05) is 32.9 Å². The second-order valence-electron chi connectivity index (χ2n) is 5.40. The molecule has 0 saturated heterocycles. The van der Waals surface area contributed by atoms with Crippen molar-refractivity contribution in [3.05, 3.63) is 40.5 Å². The number of hydrogen-bond acceptors (Lipinski definition) is 4. The fourth-order valence-corrected chi connectivity index (χ4v) is 2.28. The second kappa shape index (κ2) is 9.19. The van der Waals surface area contributed by atoms with Gasteiger partial charge in [0.15, 0.2) is 6.61 Å². The fraction of sp³-hybridized carbons (Fsp3) is 0.375. The molecule has 3 N–H and O–H groups in total. The molecule has 23 heavy (non-hydrogen) atoms. The van der Waals surface area contributed by atoms with Gasteiger partial charge in [-0.05, 0) is 54.4 Å². The molecule has 0 fully saturated rings. The van der Waals surface area contributed by atoms with Gasteiger partial charge in [0.05, 0.1) is 10.9 Å². The van der Waals surface area contributed by atoms with E-state index in [9.17, 15) is 9.59 Å². The maximum atomic E-state index is 11.7. The molecule has 2 amide bonds. The molecule has 7 heteroatoms. The van der Waals surface area contributed by atoms with E-state index in [4.69, 9.17) is 4.74 Å². The van der Waals surface area contributed by atoms with Crippen molar-refractivity contribution in [3.63, 3.8) is 0 Å². The molecular formula is C16H22BrN3O3. The van der Waals surface area contributed by atoms with Crippen LogP contribution < -0.4 is 20.9 Å². The van der Waals surface area contributed by atoms with Crippen LogP contribution in [-0.4, -0.2) is 24.5 Å². The Morgan fingerprint density at radius 1 is 1.26 bits per heavy atom. The molecule has 0 atom stereocenters. The largest absolute Gasteiger partial charge is 0.483 e. The van der Waals surface area contributed by atoms with Gasteiger partial charge in [-0.15, -0.1) is 0 Å². The normalized spacial score (nSPS) is 10.1. The Hall–Kier alpha value is -2.02. The Bertz CT molecular complexity index is 588. The van der Waals surface area contributed by atoms with E-state index in [1.165, 1.54) is 0 Å². The number of benzene rings is 1. The lowest BCUT2D eigenvalue weighted by molar-refractivity contribution is -0.124. The summed E-state index contributed by atoms with van der Waals surface area (Å²) in [5, 5.41) is 2.74. The highest BCUT2D eigenvalue weighted by molar-refractivity contribution is 9.10. The molecule has 0 spiro atoms. The van der Waals surface area contributed by atoms with Crippen LogP contribution in [0.1, 0.15) is 25.8 Å². The van der Waals surface area contributed by atoms with Gasteiger partial charge in [-0.3, -0.25) is 15.0 Å². The van der Waals surface area contributed by atoms with Crippen LogP contribution >= 0.6 is 15.9 Å². The summed E-state index contributed by atoms with van der Waals surface area (Å²) < 4.78 is 6.20. The molecule has 6 nitrogen and oxygen atoms in total. The Kier molecular flexibility index (Phi) is 7.61. The zero-order valence-corrected chi connectivity index (χ0v) is 15.1. The van der Waals surface area contributed by atoms with Gasteiger partial charge in [0, 0.05) is 11.7 Å². The molecule has 126 valence electrons. The van der Waals surface area contributed by atoms with Crippen LogP contribution in [0.3, 0.4) is 0 Å². The highest BCUT2D eigenvalue weighted by Gasteiger charge is 2.08. The monoisotopic (exact) mass is 383 g/mol. The summed E-state index contributed by atoms with van der Waals surface area (Å²) in [5.41, 5.74) is 6.52. The topological polar surface area (TPSA) is 79.5 Å². The highest BCUT2D eigenvalue weighted by atomic mass is 79.9. The molecule has 0 heterocycles. The molecule has 1 aromatic rings. The van der Waals surface area contributed by atoms with Crippen molar-refractivity contribution >= 4 is 27.7 Å². The van der Waals surface area contributed by atoms with Gasteiger partial charge >= 0.3 is 0 Å². The number of aryl methyl sites for hydroxylation is 1. The first kappa shape index (κ1) is 19.0. The minimum absolute atomic E-state index is 0.0613. The van der Waals surface area contributed by atoms with Gasteiger partial charge < -0.3 is 15.5 Å². The number of carbonyl (C=O) groups is 2. The summed E-state index contributed by atoms with van der Waals surface area (Å²) in [6.07, 6.45) is 0.0861. The number of ether oxygens (including phenoxy) is 1. The van der Waals surface area contributed by atoms with Gasteiger partial charge in [0.1, 0.15) is 5.75 Å². The zero-order chi connectivity index (χ0) is 17.4. The quantitative estimate of drug-likeness (QED) is 0.601. The van der Waals surface area contributed by atoms with Crippen LogP contribution in [0.2, 0.25) is 0 Å². The van der Waals surface area contributed by atoms with Crippen molar-refractivity contribution in [2.75, 3.05) is 6.61 Å². The lowest BCUT2D eigenvalue weighted by Crippen LogP contribution is -2.41. The average Bonchev–Trinajstić information content (AvgIpc) is 2.43. The average molecular weight is 384 g/mol. The van der Waals surface area contributed by atoms with Gasteiger partial charge in [0.25, 0.3) is 5.91 Å². The number of halogens is 1. The lowest BCUT2D eigenvalue weighted by atomic mass is 10.2. The molecule has 0 aliphatic rings. The van der Waals surface area contributed by atoms with Crippen LogP contribution in [0.15, 0.2) is 34.9 Å². The SMILES string of the molecule is C=C(CC(=O)NC(C)C)NNC(=O)COc1ccc(C)cc1Br. The third kappa shape index (κ3) is 7.69. The predicted octanol–water partition coefficient (Wildman–Crippen LogP) is 2.19. The van der Waals surface area contributed by atoms with E-state index in [1.54, 1.807) is 6.07 Å². The third-order valence-electron chi connectivity index (χ3n) is 2.65. The van der Waals surface area contributed by atoms with Crippen LogP contribution in [0, 0.1) is 6.92 Å². The maximum Gasteiger partial charge on any atom is 0.276 e. The van der Waals surface area contributed by atoms with E-state index < -0.39 is 0 Å². The molecule has 0 saturated carbocycles. The number of amides is 2. The van der Waals surface area contributed by atoms with E-state index in [2.05, 4.69) is 38.7 Å². The van der Waals surface area contributed by atoms with Crippen LogP contribution in [0.4, 0.5) is 0 Å². The Morgan fingerprint density at radius 2 is 1.96 bits per heavy atom. The molecule has 1 aromatic carbocycles. The zero-order valence-electron chi connectivity index (χ0n) is 13.5. The smallest absolute Gasteiger partial charge is 0.276 e. The summed E-state index contributed by atoms with van der Waals surface area (Å²) in [7, 11) is 0. The first-order valence-electron chi connectivity index (χ1n) is 7.19. The predicted molar refractivity (Wildman–Crippen MR) is 92.7 cm³/mol. The Labute approximate surface area is 144 Å². The number of nitrogens with one attached hydrogen (secondary N) is 3. The van der Waals surface area contributed by atoms with Crippen molar-refractivity contribution in [1.82, 2.24) is 16.2 Å². The maximum absolute atomic E-state index is 11.7. The summed E-state index contributed by atoms with van der Waals surface area (Å²) in [6, 6.07) is 5.65. The molecule has 0 unspecified atom stereocenters. The van der Waals surface area contributed by atoms with Crippen molar-refractivity contribution < 1.29 is 14.3 Å². The van der Waals surface area contributed by atoms with Gasteiger partial charge in [-0.25, -0.2) is 0 Å². The van der Waals surface area contributed by atoms with Gasteiger partial charge in [0.2, 0.25) is 5.91 Å². The van der Waals surface area contributed by atoms with Crippen molar-refractivity contribution in [3.8, 4) is 5.75 Å². The standard InChI is InChI=1S/C16H22BrN3O3/c1-10(2)18-15(21)8-12(4)19-20-16(22)9-23-14-6-5-11(3)7-13(14)17/h5-7,10,19H,4,8-9H2,1-3H3,(H,18,21)(H,20,22). The van der Waals surface area contributed by atoms with Crippen molar-refractivity contribution in [2.24, 2.45) is 0 Å². The molecule has 0 aliphatic carbocycles. The van der Waals surface area contributed by atoms with E-state index in [0.717, 1.165) is 10.0 Å². The van der Waals surface area contributed by atoms with Crippen LogP contribution in [0.5, 0.6) is 5.75 Å². The van der Waals surface area contributed by atoms with E-state index in [0.29, 0.717) is 11.4 Å². The van der Waals surface area contributed by atoms with Crippen LogP contribution in [-0.2, 0) is 9.59 Å². The van der Waals surface area contributed by atoms with Crippen LogP contribution in [0.25, 0.3) is 0 Å². The van der Waals surface area contributed by atoms with E-state index >= 15 is 0 Å². The minimum Gasteiger partial charge on any atom is -0.483 e. The van der Waals surface area contributed by atoms with Gasteiger partial charge in [-0.2, -0.15) is 0 Å². The molecule has 0 aliphatic heterocycles. The second-order valence-corrected chi connectivity index (χ2v) is 6.25. The molecular weight excluding hydrogens is 362 g/mol. The van der Waals surface area contributed by atoms with Crippen molar-refractivity contribution in [2.45, 2.75) is 33.2 Å². The van der Waals surface area contributed by atoms with Crippen molar-refractivity contribution in [1.29, 1.82) is 0 Å². The number of hydrazine groups is 1. The first-order valence-corrected chi connectivity index (χ1v) is 7.98.